The number of nitrogens with one attached hydrogen (secondary N) is 1. The number of hydrogen-bond acceptors (Lipinski definition) is 5. The third-order valence-corrected chi connectivity index (χ3v) is 4.66. The number of rotatable bonds is 4. The molecule has 1 aromatic carbocycles. The number of piperidine rings is 1. The summed E-state index contributed by atoms with van der Waals surface area (Å²) < 4.78 is 14.7. The van der Waals surface area contributed by atoms with Crippen molar-refractivity contribution < 1.29 is 4.39 Å². The van der Waals surface area contributed by atoms with Crippen molar-refractivity contribution in [3.8, 4) is 0 Å². The summed E-state index contributed by atoms with van der Waals surface area (Å²) in [5.41, 5.74) is 3.84. The molecule has 0 amide bonds. The molecule has 0 saturated carbocycles. The molecule has 25 heavy (non-hydrogen) atoms. The topological polar surface area (TPSA) is 58.3 Å². The van der Waals surface area contributed by atoms with Gasteiger partial charge >= 0.3 is 0 Å². The van der Waals surface area contributed by atoms with Crippen molar-refractivity contribution in [1.29, 1.82) is 0 Å². The normalized spacial score (nSPS) is 16.4. The van der Waals surface area contributed by atoms with E-state index in [0.29, 0.717) is 6.04 Å². The molecule has 0 radical (unpaired) electrons. The van der Waals surface area contributed by atoms with Gasteiger partial charge in [0.2, 0.25) is 5.65 Å². The molecule has 7 heteroatoms. The van der Waals surface area contributed by atoms with Crippen LogP contribution < -0.4 is 5.32 Å². The Labute approximate surface area is 145 Å². The molecular formula is C18H21FN6. The molecule has 3 heterocycles. The van der Waals surface area contributed by atoms with E-state index in [1.54, 1.807) is 10.8 Å². The van der Waals surface area contributed by atoms with Crippen molar-refractivity contribution in [3.05, 3.63) is 53.7 Å². The lowest BCUT2D eigenvalue weighted by atomic mass is 10.0. The molecule has 6 nitrogen and oxygen atoms in total. The van der Waals surface area contributed by atoms with Crippen molar-refractivity contribution in [2.24, 2.45) is 0 Å². The van der Waals surface area contributed by atoms with Gasteiger partial charge in [-0.2, -0.15) is 9.61 Å². The van der Waals surface area contributed by atoms with E-state index in [0.717, 1.165) is 55.1 Å². The smallest absolute Gasteiger partial charge is 0.200 e. The number of anilines is 1. The number of nitrogens with zero attached hydrogens (tertiary/aromatic N) is 5. The van der Waals surface area contributed by atoms with E-state index >= 15 is 0 Å². The highest BCUT2D eigenvalue weighted by Crippen LogP contribution is 2.21. The van der Waals surface area contributed by atoms with Crippen molar-refractivity contribution in [2.45, 2.75) is 32.4 Å². The Morgan fingerprint density at radius 2 is 1.96 bits per heavy atom. The predicted octanol–water partition coefficient (Wildman–Crippen LogP) is 2.65. The van der Waals surface area contributed by atoms with Crippen LogP contribution in [0, 0.1) is 12.7 Å². The zero-order valence-corrected chi connectivity index (χ0v) is 14.2. The number of halogens is 1. The molecule has 1 fully saturated rings. The zero-order valence-electron chi connectivity index (χ0n) is 14.2. The summed E-state index contributed by atoms with van der Waals surface area (Å²) in [5, 5.41) is 16.1. The quantitative estimate of drug-likeness (QED) is 0.791. The number of fused-ring (bicyclic) bond motifs is 1. The highest BCUT2D eigenvalue weighted by atomic mass is 19.1. The van der Waals surface area contributed by atoms with Crippen molar-refractivity contribution in [3.63, 3.8) is 0 Å². The minimum atomic E-state index is -0.181. The number of hydrogen-bond donors (Lipinski definition) is 1. The molecule has 0 atom stereocenters. The fourth-order valence-corrected chi connectivity index (χ4v) is 3.36. The van der Waals surface area contributed by atoms with Crippen LogP contribution in [0.4, 0.5) is 10.1 Å². The molecule has 2 aromatic heterocycles. The van der Waals surface area contributed by atoms with Crippen LogP contribution in [-0.4, -0.2) is 43.8 Å². The molecule has 0 aliphatic carbocycles. The molecule has 1 N–H and O–H groups in total. The van der Waals surface area contributed by atoms with E-state index < -0.39 is 0 Å². The Bertz CT molecular complexity index is 852. The summed E-state index contributed by atoms with van der Waals surface area (Å²) >= 11 is 0. The Morgan fingerprint density at radius 3 is 2.72 bits per heavy atom. The molecule has 0 unspecified atom stereocenters. The first kappa shape index (κ1) is 16.0. The summed E-state index contributed by atoms with van der Waals surface area (Å²) in [7, 11) is 0. The third kappa shape index (κ3) is 3.61. The average molecular weight is 340 g/mol. The highest BCUT2D eigenvalue weighted by molar-refractivity contribution is 5.66. The standard InChI is InChI=1S/C18H21FN6/c1-13-10-17(18-22-20-12-25(18)23-13)21-16-6-8-24(9-7-16)11-14-2-4-15(19)5-3-14/h2-5,10,12,16,21H,6-9,11H2,1H3. The van der Waals surface area contributed by atoms with Crippen molar-refractivity contribution in [2.75, 3.05) is 18.4 Å². The van der Waals surface area contributed by atoms with Gasteiger partial charge in [0.15, 0.2) is 0 Å². The minimum absolute atomic E-state index is 0.181. The summed E-state index contributed by atoms with van der Waals surface area (Å²) in [6.07, 6.45) is 3.74. The van der Waals surface area contributed by atoms with Gasteiger partial charge in [-0.3, -0.25) is 4.90 Å². The maximum atomic E-state index is 13.0. The summed E-state index contributed by atoms with van der Waals surface area (Å²) in [4.78, 5) is 2.41. The summed E-state index contributed by atoms with van der Waals surface area (Å²) in [6, 6.07) is 9.21. The van der Waals surface area contributed by atoms with E-state index in [9.17, 15) is 4.39 Å². The fourth-order valence-electron chi connectivity index (χ4n) is 3.36. The number of benzene rings is 1. The van der Waals surface area contributed by atoms with Crippen LogP contribution in [0.25, 0.3) is 5.65 Å². The summed E-state index contributed by atoms with van der Waals surface area (Å²) in [6.45, 7) is 4.87. The molecule has 0 spiro atoms. The Balaban J connectivity index is 1.37. The lowest BCUT2D eigenvalue weighted by molar-refractivity contribution is 0.211. The average Bonchev–Trinajstić information content (AvgIpc) is 3.07. The molecule has 3 aromatic rings. The van der Waals surface area contributed by atoms with E-state index in [1.807, 2.05) is 25.1 Å². The van der Waals surface area contributed by atoms with Crippen LogP contribution in [0.2, 0.25) is 0 Å². The van der Waals surface area contributed by atoms with Gasteiger partial charge in [-0.05, 0) is 43.5 Å². The molecule has 1 saturated heterocycles. The highest BCUT2D eigenvalue weighted by Gasteiger charge is 2.20. The maximum Gasteiger partial charge on any atom is 0.200 e. The lowest BCUT2D eigenvalue weighted by Crippen LogP contribution is -2.38. The maximum absolute atomic E-state index is 13.0. The van der Waals surface area contributed by atoms with Crippen molar-refractivity contribution >= 4 is 11.3 Å². The zero-order chi connectivity index (χ0) is 17.2. The SMILES string of the molecule is Cc1cc(NC2CCN(Cc3ccc(F)cc3)CC2)c2nncn2n1. The number of aromatic nitrogens is 4. The van der Waals surface area contributed by atoms with Crippen LogP contribution in [-0.2, 0) is 6.54 Å². The number of aryl methyl sites for hydroxylation is 1. The molecular weight excluding hydrogens is 319 g/mol. The first-order valence-electron chi connectivity index (χ1n) is 8.58. The predicted molar refractivity (Wildman–Crippen MR) is 93.8 cm³/mol. The van der Waals surface area contributed by atoms with Gasteiger partial charge in [0.05, 0.1) is 11.4 Å². The largest absolute Gasteiger partial charge is 0.379 e. The fraction of sp³-hybridized carbons (Fsp3) is 0.389. The van der Waals surface area contributed by atoms with E-state index in [4.69, 9.17) is 0 Å². The van der Waals surface area contributed by atoms with Gasteiger partial charge in [-0.25, -0.2) is 4.39 Å². The van der Waals surface area contributed by atoms with Crippen LogP contribution in [0.3, 0.4) is 0 Å². The first-order chi connectivity index (χ1) is 12.2. The van der Waals surface area contributed by atoms with Crippen LogP contribution >= 0.6 is 0 Å². The van der Waals surface area contributed by atoms with Gasteiger partial charge in [0, 0.05) is 25.7 Å². The van der Waals surface area contributed by atoms with E-state index in [2.05, 4.69) is 25.5 Å². The first-order valence-corrected chi connectivity index (χ1v) is 8.58. The monoisotopic (exact) mass is 340 g/mol. The van der Waals surface area contributed by atoms with Crippen molar-refractivity contribution in [1.82, 2.24) is 24.7 Å². The van der Waals surface area contributed by atoms with Crippen LogP contribution in [0.5, 0.6) is 0 Å². The summed E-state index contributed by atoms with van der Waals surface area (Å²) in [5.74, 6) is -0.181. The van der Waals surface area contributed by atoms with Crippen LogP contribution in [0.1, 0.15) is 24.1 Å². The van der Waals surface area contributed by atoms with E-state index in [-0.39, 0.29) is 5.82 Å². The Morgan fingerprint density at radius 1 is 1.20 bits per heavy atom. The third-order valence-electron chi connectivity index (χ3n) is 4.66. The minimum Gasteiger partial charge on any atom is -0.379 e. The molecule has 1 aliphatic rings. The Hall–Kier alpha value is -2.54. The molecule has 130 valence electrons. The Kier molecular flexibility index (Phi) is 4.31. The molecule has 1 aliphatic heterocycles. The molecule has 4 rings (SSSR count). The second-order valence-corrected chi connectivity index (χ2v) is 6.62. The van der Waals surface area contributed by atoms with E-state index in [1.165, 1.54) is 12.1 Å². The van der Waals surface area contributed by atoms with Gasteiger partial charge in [-0.1, -0.05) is 12.1 Å². The van der Waals surface area contributed by atoms with Gasteiger partial charge in [0.25, 0.3) is 0 Å². The van der Waals surface area contributed by atoms with Gasteiger partial charge < -0.3 is 5.32 Å². The second kappa shape index (κ2) is 6.76. The second-order valence-electron chi connectivity index (χ2n) is 6.62. The molecule has 0 bridgehead atoms. The van der Waals surface area contributed by atoms with Gasteiger partial charge in [0.1, 0.15) is 12.1 Å². The lowest BCUT2D eigenvalue weighted by Gasteiger charge is -2.32. The van der Waals surface area contributed by atoms with Crippen LogP contribution in [0.15, 0.2) is 36.7 Å². The number of likely N-dealkylation sites (tertiary alicyclic amines) is 1. The van der Waals surface area contributed by atoms with Gasteiger partial charge in [-0.15, -0.1) is 10.2 Å².